The maximum absolute atomic E-state index is 13.1. The maximum atomic E-state index is 13.1. The first-order valence-electron chi connectivity index (χ1n) is 8.24. The minimum Gasteiger partial charge on any atom is -0.413 e. The van der Waals surface area contributed by atoms with Crippen LogP contribution in [-0.2, 0) is 0 Å². The van der Waals surface area contributed by atoms with Crippen LogP contribution in [0.5, 0.6) is 0 Å². The summed E-state index contributed by atoms with van der Waals surface area (Å²) in [5.74, 6) is 0. The van der Waals surface area contributed by atoms with E-state index in [4.69, 9.17) is 16.4 Å². The lowest BCUT2D eigenvalue weighted by molar-refractivity contribution is 0.163. The van der Waals surface area contributed by atoms with E-state index in [1.54, 1.807) is 6.07 Å². The highest BCUT2D eigenvalue weighted by atomic mass is 35.5. The standard InChI is InChI=1S/C22H16ClNO2/c1-26-24-21(16-10-6-3-7-11-16)20(15-8-4-2-5-9-15)18-13-12-17(23)14-19(18)22(24)25/h2-14H,1H3. The fraction of sp³-hybridized carbons (Fsp3) is 0.0455. The van der Waals surface area contributed by atoms with Crippen LogP contribution in [0, 0.1) is 0 Å². The summed E-state index contributed by atoms with van der Waals surface area (Å²) in [6.07, 6.45) is 0. The molecule has 0 atom stereocenters. The van der Waals surface area contributed by atoms with Crippen molar-refractivity contribution in [3.05, 3.63) is 94.2 Å². The first-order chi connectivity index (χ1) is 12.7. The summed E-state index contributed by atoms with van der Waals surface area (Å²) in [7, 11) is 1.50. The maximum Gasteiger partial charge on any atom is 0.291 e. The predicted molar refractivity (Wildman–Crippen MR) is 107 cm³/mol. The molecule has 0 spiro atoms. The summed E-state index contributed by atoms with van der Waals surface area (Å²) in [6, 6.07) is 25.2. The first kappa shape index (κ1) is 16.4. The zero-order chi connectivity index (χ0) is 18.1. The Labute approximate surface area is 156 Å². The molecule has 4 heteroatoms. The summed E-state index contributed by atoms with van der Waals surface area (Å²) < 4.78 is 1.34. The van der Waals surface area contributed by atoms with Gasteiger partial charge in [0.15, 0.2) is 0 Å². The third-order valence-corrected chi connectivity index (χ3v) is 4.63. The molecule has 1 aromatic heterocycles. The molecule has 4 aromatic rings. The fourth-order valence-electron chi connectivity index (χ4n) is 3.28. The van der Waals surface area contributed by atoms with E-state index in [9.17, 15) is 4.79 Å². The van der Waals surface area contributed by atoms with E-state index in [0.29, 0.717) is 10.4 Å². The molecule has 26 heavy (non-hydrogen) atoms. The van der Waals surface area contributed by atoms with Crippen LogP contribution in [0.15, 0.2) is 83.7 Å². The molecule has 0 fully saturated rings. The van der Waals surface area contributed by atoms with Gasteiger partial charge in [0.2, 0.25) is 0 Å². The molecule has 0 aliphatic heterocycles. The first-order valence-corrected chi connectivity index (χ1v) is 8.62. The number of hydrogen-bond donors (Lipinski definition) is 0. The number of halogens is 1. The molecule has 0 radical (unpaired) electrons. The number of aromatic nitrogens is 1. The van der Waals surface area contributed by atoms with Crippen molar-refractivity contribution in [3.63, 3.8) is 0 Å². The topological polar surface area (TPSA) is 31.2 Å². The van der Waals surface area contributed by atoms with Crippen LogP contribution in [0.3, 0.4) is 0 Å². The Morgan fingerprint density at radius 3 is 2.04 bits per heavy atom. The predicted octanol–water partition coefficient (Wildman–Crippen LogP) is 5.05. The van der Waals surface area contributed by atoms with Gasteiger partial charge < -0.3 is 4.84 Å². The van der Waals surface area contributed by atoms with Gasteiger partial charge in [-0.1, -0.05) is 78.3 Å². The minimum atomic E-state index is -0.233. The number of hydrogen-bond acceptors (Lipinski definition) is 2. The number of pyridine rings is 1. The van der Waals surface area contributed by atoms with E-state index in [1.165, 1.54) is 11.8 Å². The molecule has 3 aromatic carbocycles. The Morgan fingerprint density at radius 2 is 1.42 bits per heavy atom. The van der Waals surface area contributed by atoms with E-state index in [0.717, 1.165) is 27.8 Å². The highest BCUT2D eigenvalue weighted by molar-refractivity contribution is 6.31. The summed E-state index contributed by atoms with van der Waals surface area (Å²) in [4.78, 5) is 18.6. The van der Waals surface area contributed by atoms with Crippen LogP contribution in [0.1, 0.15) is 0 Å². The molecule has 0 N–H and O–H groups in total. The molecule has 0 aliphatic rings. The van der Waals surface area contributed by atoms with Gasteiger partial charge in [0.1, 0.15) is 7.11 Å². The van der Waals surface area contributed by atoms with Crippen molar-refractivity contribution in [1.82, 2.24) is 4.73 Å². The second kappa shape index (κ2) is 6.70. The second-order valence-corrected chi connectivity index (χ2v) is 6.36. The summed E-state index contributed by atoms with van der Waals surface area (Å²) in [5.41, 5.74) is 3.33. The molecule has 0 unspecified atom stereocenters. The van der Waals surface area contributed by atoms with Gasteiger partial charge in [-0.15, -0.1) is 4.73 Å². The van der Waals surface area contributed by atoms with E-state index in [-0.39, 0.29) is 5.56 Å². The van der Waals surface area contributed by atoms with Crippen molar-refractivity contribution in [1.29, 1.82) is 0 Å². The monoisotopic (exact) mass is 361 g/mol. The third kappa shape index (κ3) is 2.67. The normalized spacial score (nSPS) is 10.8. The van der Waals surface area contributed by atoms with Gasteiger partial charge in [-0.2, -0.15) is 0 Å². The molecule has 0 saturated carbocycles. The molecule has 0 amide bonds. The molecule has 0 saturated heterocycles. The summed E-state index contributed by atoms with van der Waals surface area (Å²) in [5, 5.41) is 1.89. The van der Waals surface area contributed by atoms with E-state index >= 15 is 0 Å². The minimum absolute atomic E-state index is 0.233. The van der Waals surface area contributed by atoms with Crippen molar-refractivity contribution < 1.29 is 4.84 Å². The number of benzene rings is 3. The van der Waals surface area contributed by atoms with Crippen LogP contribution in [0.25, 0.3) is 33.2 Å². The van der Waals surface area contributed by atoms with Crippen LogP contribution in [-0.4, -0.2) is 11.8 Å². The highest BCUT2D eigenvalue weighted by Crippen LogP contribution is 2.36. The third-order valence-electron chi connectivity index (χ3n) is 4.40. The van der Waals surface area contributed by atoms with Gasteiger partial charge in [-0.05, 0) is 23.1 Å². The smallest absolute Gasteiger partial charge is 0.291 e. The molecule has 3 nitrogen and oxygen atoms in total. The number of rotatable bonds is 3. The van der Waals surface area contributed by atoms with Crippen molar-refractivity contribution in [2.75, 3.05) is 7.11 Å². The van der Waals surface area contributed by atoms with Gasteiger partial charge in [-0.3, -0.25) is 4.79 Å². The number of fused-ring (bicyclic) bond motifs is 1. The molecule has 0 aliphatic carbocycles. The Hall–Kier alpha value is -3.04. The molecular formula is C22H16ClNO2. The molecule has 4 rings (SSSR count). The molecule has 0 bridgehead atoms. The van der Waals surface area contributed by atoms with Crippen LogP contribution in [0.2, 0.25) is 5.02 Å². The fourth-order valence-corrected chi connectivity index (χ4v) is 3.45. The van der Waals surface area contributed by atoms with Gasteiger partial charge in [0.25, 0.3) is 5.56 Å². The second-order valence-electron chi connectivity index (χ2n) is 5.93. The number of nitrogens with zero attached hydrogens (tertiary/aromatic N) is 1. The quantitative estimate of drug-likeness (QED) is 0.511. The summed E-state index contributed by atoms with van der Waals surface area (Å²) in [6.45, 7) is 0. The van der Waals surface area contributed by atoms with Crippen LogP contribution >= 0.6 is 11.6 Å². The highest BCUT2D eigenvalue weighted by Gasteiger charge is 2.20. The lowest BCUT2D eigenvalue weighted by atomic mass is 9.94. The molecule has 128 valence electrons. The van der Waals surface area contributed by atoms with Gasteiger partial charge >= 0.3 is 0 Å². The van der Waals surface area contributed by atoms with Crippen LogP contribution in [0.4, 0.5) is 0 Å². The van der Waals surface area contributed by atoms with E-state index in [1.807, 2.05) is 72.8 Å². The SMILES string of the molecule is COn1c(-c2ccccc2)c(-c2ccccc2)c2ccc(Cl)cc2c1=O. The zero-order valence-electron chi connectivity index (χ0n) is 14.1. The molecule has 1 heterocycles. The van der Waals surface area contributed by atoms with Crippen LogP contribution < -0.4 is 10.4 Å². The van der Waals surface area contributed by atoms with E-state index < -0.39 is 0 Å². The van der Waals surface area contributed by atoms with Gasteiger partial charge in [-0.25, -0.2) is 0 Å². The van der Waals surface area contributed by atoms with E-state index in [2.05, 4.69) is 0 Å². The van der Waals surface area contributed by atoms with Crippen molar-refractivity contribution in [2.24, 2.45) is 0 Å². The average Bonchev–Trinajstić information content (AvgIpc) is 2.69. The molecular weight excluding hydrogens is 346 g/mol. The van der Waals surface area contributed by atoms with Crippen molar-refractivity contribution in [2.45, 2.75) is 0 Å². The largest absolute Gasteiger partial charge is 0.413 e. The Balaban J connectivity index is 2.24. The van der Waals surface area contributed by atoms with Crippen molar-refractivity contribution >= 4 is 22.4 Å². The van der Waals surface area contributed by atoms with Gasteiger partial charge in [0, 0.05) is 16.1 Å². The lowest BCUT2D eigenvalue weighted by Crippen LogP contribution is -2.27. The van der Waals surface area contributed by atoms with Crippen molar-refractivity contribution in [3.8, 4) is 22.4 Å². The Kier molecular flexibility index (Phi) is 4.23. The summed E-state index contributed by atoms with van der Waals surface area (Å²) >= 11 is 6.15. The zero-order valence-corrected chi connectivity index (χ0v) is 14.9. The Bertz CT molecular complexity index is 1140. The van der Waals surface area contributed by atoms with Gasteiger partial charge in [0.05, 0.1) is 11.1 Å². The lowest BCUT2D eigenvalue weighted by Gasteiger charge is -2.19. The average molecular weight is 362 g/mol. The Morgan fingerprint density at radius 1 is 0.808 bits per heavy atom.